The van der Waals surface area contributed by atoms with Crippen LogP contribution in [0.4, 0.5) is 10.8 Å². The van der Waals surface area contributed by atoms with Gasteiger partial charge in [-0.25, -0.2) is 9.78 Å². The van der Waals surface area contributed by atoms with Crippen LogP contribution in [0.5, 0.6) is 0 Å². The highest BCUT2D eigenvalue weighted by atomic mass is 32.2. The molecule has 8 nitrogen and oxygen atoms in total. The molecule has 0 radical (unpaired) electrons. The fraction of sp³-hybridized carbons (Fsp3) is 0.320. The molecule has 0 spiro atoms. The predicted molar refractivity (Wildman–Crippen MR) is 142 cm³/mol. The van der Waals surface area contributed by atoms with Crippen molar-refractivity contribution in [3.05, 3.63) is 44.0 Å². The van der Waals surface area contributed by atoms with Crippen molar-refractivity contribution in [1.29, 1.82) is 10.5 Å². The first-order valence-corrected chi connectivity index (χ1v) is 13.9. The van der Waals surface area contributed by atoms with Crippen LogP contribution in [0.3, 0.4) is 0 Å². The fourth-order valence-corrected chi connectivity index (χ4v) is 7.18. The van der Waals surface area contributed by atoms with Gasteiger partial charge in [-0.3, -0.25) is 4.79 Å². The van der Waals surface area contributed by atoms with E-state index in [1.54, 1.807) is 0 Å². The molecule has 1 atom stereocenters. The smallest absolute Gasteiger partial charge is 0.341 e. The number of thiophene rings is 2. The average Bonchev–Trinajstić information content (AvgIpc) is 3.50. The lowest BCUT2D eigenvalue weighted by atomic mass is 9.88. The minimum absolute atomic E-state index is 0.0470. The maximum absolute atomic E-state index is 12.8. The maximum atomic E-state index is 12.8. The number of pyridine rings is 1. The average molecular weight is 538 g/mol. The summed E-state index contributed by atoms with van der Waals surface area (Å²) in [6, 6.07) is 6.03. The van der Waals surface area contributed by atoms with Gasteiger partial charge in [-0.2, -0.15) is 21.9 Å². The second kappa shape index (κ2) is 11.1. The standard InChI is InChI=1S/C25H23N5O3S3/c1-13-3-4-15-18(9-13)36-24(21(15)25(32)33-2)29-19(31)6-8-35-23-17(11-27)20(14-5-7-34-12-14)16(10-26)22(28)30-23/h5,7,12-13H,3-4,6,8-9H2,1-2H3,(H2,28,30)(H,29,31). The zero-order valence-electron chi connectivity index (χ0n) is 19.7. The molecule has 4 rings (SSSR count). The summed E-state index contributed by atoms with van der Waals surface area (Å²) in [4.78, 5) is 30.7. The van der Waals surface area contributed by atoms with Crippen LogP contribution in [0.15, 0.2) is 21.9 Å². The van der Waals surface area contributed by atoms with E-state index < -0.39 is 5.97 Å². The van der Waals surface area contributed by atoms with Crippen LogP contribution in [0.2, 0.25) is 0 Å². The van der Waals surface area contributed by atoms with E-state index in [1.165, 1.54) is 41.5 Å². The third-order valence-electron chi connectivity index (χ3n) is 5.95. The molecule has 1 amide bonds. The monoisotopic (exact) mass is 537 g/mol. The number of hydrogen-bond donors (Lipinski definition) is 2. The molecule has 0 fully saturated rings. The molecule has 36 heavy (non-hydrogen) atoms. The number of aromatic nitrogens is 1. The summed E-state index contributed by atoms with van der Waals surface area (Å²) in [5.41, 5.74) is 9.09. The summed E-state index contributed by atoms with van der Waals surface area (Å²) < 4.78 is 4.99. The van der Waals surface area contributed by atoms with E-state index in [9.17, 15) is 20.1 Å². The van der Waals surface area contributed by atoms with E-state index in [4.69, 9.17) is 10.5 Å². The summed E-state index contributed by atoms with van der Waals surface area (Å²) in [6.07, 6.45) is 2.79. The minimum atomic E-state index is -0.441. The van der Waals surface area contributed by atoms with E-state index in [2.05, 4.69) is 29.4 Å². The van der Waals surface area contributed by atoms with Crippen LogP contribution in [0, 0.1) is 28.6 Å². The fourth-order valence-electron chi connectivity index (χ4n) is 4.18. The summed E-state index contributed by atoms with van der Waals surface area (Å²) in [5, 5.41) is 26.9. The number of thioether (sulfide) groups is 1. The third-order valence-corrected chi connectivity index (χ3v) is 8.78. The molecule has 184 valence electrons. The van der Waals surface area contributed by atoms with Crippen LogP contribution < -0.4 is 11.1 Å². The Balaban J connectivity index is 1.51. The number of carbonyl (C=O) groups is 2. The van der Waals surface area contributed by atoms with Gasteiger partial charge < -0.3 is 15.8 Å². The van der Waals surface area contributed by atoms with Crippen molar-refractivity contribution in [1.82, 2.24) is 4.98 Å². The molecule has 0 saturated carbocycles. The third kappa shape index (κ3) is 5.09. The lowest BCUT2D eigenvalue weighted by Crippen LogP contribution is -2.16. The molecule has 1 unspecified atom stereocenters. The van der Waals surface area contributed by atoms with Gasteiger partial charge in [0.05, 0.1) is 18.2 Å². The number of carbonyl (C=O) groups excluding carboxylic acids is 2. The normalized spacial score (nSPS) is 14.4. The number of nitrogens with zero attached hydrogens (tertiary/aromatic N) is 3. The number of anilines is 2. The van der Waals surface area contributed by atoms with Gasteiger partial charge in [0.1, 0.15) is 33.5 Å². The van der Waals surface area contributed by atoms with Gasteiger partial charge in [-0.15, -0.1) is 23.1 Å². The molecule has 11 heteroatoms. The zero-order chi connectivity index (χ0) is 25.8. The van der Waals surface area contributed by atoms with Crippen LogP contribution in [-0.2, 0) is 22.4 Å². The van der Waals surface area contributed by atoms with Gasteiger partial charge in [0.15, 0.2) is 0 Å². The molecule has 3 aromatic heterocycles. The molecule has 3 aromatic rings. The number of nitrogens with two attached hydrogens (primary N) is 1. The van der Waals surface area contributed by atoms with Gasteiger partial charge >= 0.3 is 5.97 Å². The zero-order valence-corrected chi connectivity index (χ0v) is 22.2. The second-order valence-electron chi connectivity index (χ2n) is 8.36. The van der Waals surface area contributed by atoms with E-state index >= 15 is 0 Å². The molecule has 3 N–H and O–H groups in total. The number of rotatable bonds is 7. The van der Waals surface area contributed by atoms with Crippen molar-refractivity contribution in [3.8, 4) is 23.3 Å². The SMILES string of the molecule is COC(=O)c1c(NC(=O)CCSc2nc(N)c(C#N)c(-c3ccsc3)c2C#N)sc2c1CCC(C)C2. The van der Waals surface area contributed by atoms with Crippen molar-refractivity contribution >= 4 is 57.1 Å². The molecule has 0 saturated heterocycles. The first kappa shape index (κ1) is 25.7. The Morgan fingerprint density at radius 3 is 2.78 bits per heavy atom. The number of nitrogen functional groups attached to an aromatic ring is 1. The summed E-state index contributed by atoms with van der Waals surface area (Å²) >= 11 is 4.12. The topological polar surface area (TPSA) is 142 Å². The maximum Gasteiger partial charge on any atom is 0.341 e. The largest absolute Gasteiger partial charge is 0.465 e. The second-order valence-corrected chi connectivity index (χ2v) is 11.3. The Labute approximate surface area is 221 Å². The number of ether oxygens (including phenoxy) is 1. The number of esters is 1. The van der Waals surface area contributed by atoms with Crippen LogP contribution in [0.1, 0.15) is 51.7 Å². The first-order chi connectivity index (χ1) is 17.4. The van der Waals surface area contributed by atoms with Crippen molar-refractivity contribution in [2.75, 3.05) is 23.9 Å². The highest BCUT2D eigenvalue weighted by Crippen LogP contribution is 2.40. The van der Waals surface area contributed by atoms with Gasteiger partial charge in [-0.1, -0.05) is 6.92 Å². The van der Waals surface area contributed by atoms with Gasteiger partial charge in [0.25, 0.3) is 0 Å². The van der Waals surface area contributed by atoms with Gasteiger partial charge in [0.2, 0.25) is 5.91 Å². The number of nitrogens with one attached hydrogen (secondary N) is 1. The molecular weight excluding hydrogens is 515 g/mol. The number of amides is 1. The number of methoxy groups -OCH3 is 1. The van der Waals surface area contributed by atoms with Crippen LogP contribution in [0.25, 0.3) is 11.1 Å². The summed E-state index contributed by atoms with van der Waals surface area (Å²) in [6.45, 7) is 2.18. The number of nitriles is 2. The van der Waals surface area contributed by atoms with Gasteiger partial charge in [-0.05, 0) is 53.1 Å². The van der Waals surface area contributed by atoms with E-state index in [-0.39, 0.29) is 29.3 Å². The molecule has 1 aliphatic carbocycles. The highest BCUT2D eigenvalue weighted by molar-refractivity contribution is 7.99. The van der Waals surface area contributed by atoms with Crippen molar-refractivity contribution in [3.63, 3.8) is 0 Å². The van der Waals surface area contributed by atoms with E-state index in [0.29, 0.717) is 32.8 Å². The molecule has 3 heterocycles. The van der Waals surface area contributed by atoms with E-state index in [1.807, 2.05) is 16.8 Å². The Kier molecular flexibility index (Phi) is 7.94. The number of fused-ring (bicyclic) bond motifs is 1. The Morgan fingerprint density at radius 1 is 1.33 bits per heavy atom. The Hall–Kier alpha value is -3.38. The molecule has 0 aliphatic heterocycles. The Morgan fingerprint density at radius 2 is 2.11 bits per heavy atom. The van der Waals surface area contributed by atoms with Crippen molar-refractivity contribution in [2.45, 2.75) is 37.6 Å². The quantitative estimate of drug-likeness (QED) is 0.308. The van der Waals surface area contributed by atoms with E-state index in [0.717, 1.165) is 35.3 Å². The molecule has 1 aliphatic rings. The number of hydrogen-bond acceptors (Lipinski definition) is 10. The summed E-state index contributed by atoms with van der Waals surface area (Å²) in [5.74, 6) is 0.214. The van der Waals surface area contributed by atoms with Gasteiger partial charge in [0, 0.05) is 22.6 Å². The molecular formula is C25H23N5O3S3. The Bertz CT molecular complexity index is 1400. The van der Waals surface area contributed by atoms with Crippen LogP contribution in [-0.4, -0.2) is 29.7 Å². The highest BCUT2D eigenvalue weighted by Gasteiger charge is 2.29. The predicted octanol–water partition coefficient (Wildman–Crippen LogP) is 5.23. The van der Waals surface area contributed by atoms with Crippen molar-refractivity contribution in [2.24, 2.45) is 5.92 Å². The first-order valence-electron chi connectivity index (χ1n) is 11.2. The lowest BCUT2D eigenvalue weighted by Gasteiger charge is -2.18. The minimum Gasteiger partial charge on any atom is -0.465 e. The van der Waals surface area contributed by atoms with Crippen LogP contribution >= 0.6 is 34.4 Å². The molecule has 0 aromatic carbocycles. The summed E-state index contributed by atoms with van der Waals surface area (Å²) in [7, 11) is 1.34. The molecule has 0 bridgehead atoms. The van der Waals surface area contributed by atoms with Crippen molar-refractivity contribution < 1.29 is 14.3 Å². The lowest BCUT2D eigenvalue weighted by molar-refractivity contribution is -0.115.